The van der Waals surface area contributed by atoms with E-state index < -0.39 is 11.4 Å². The third-order valence-electron chi connectivity index (χ3n) is 1.49. The number of hydrogen-bond acceptors (Lipinski definition) is 8. The van der Waals surface area contributed by atoms with Crippen molar-refractivity contribution in [3.05, 3.63) is 0 Å². The molecule has 0 saturated heterocycles. The van der Waals surface area contributed by atoms with Gasteiger partial charge in [-0.2, -0.15) is 15.0 Å². The maximum Gasteiger partial charge on any atom is 0.231 e. The van der Waals surface area contributed by atoms with Crippen molar-refractivity contribution >= 4 is 17.8 Å². The Hall–Kier alpha value is -1.67. The Morgan fingerprint density at radius 1 is 0.882 bits per heavy atom. The Bertz CT molecular complexity index is 361. The molecule has 1 aromatic heterocycles. The van der Waals surface area contributed by atoms with Gasteiger partial charge < -0.3 is 26.6 Å². The van der Waals surface area contributed by atoms with Gasteiger partial charge in [0, 0.05) is 0 Å². The summed E-state index contributed by atoms with van der Waals surface area (Å²) in [4.78, 5) is 11.6. The van der Waals surface area contributed by atoms with Crippen molar-refractivity contribution in [1.82, 2.24) is 15.0 Å². The molecule has 0 aliphatic heterocycles. The zero-order chi connectivity index (χ0) is 13.3. The summed E-state index contributed by atoms with van der Waals surface area (Å²) in [6, 6.07) is 0. The molecule has 6 N–H and O–H groups in total. The molecule has 17 heavy (non-hydrogen) atoms. The third-order valence-corrected chi connectivity index (χ3v) is 1.49. The second kappa shape index (κ2) is 4.30. The lowest BCUT2D eigenvalue weighted by molar-refractivity contribution is 0.110. The predicted octanol–water partition coefficient (Wildman–Crippen LogP) is -0.266. The van der Waals surface area contributed by atoms with Gasteiger partial charge in [-0.3, -0.25) is 0 Å². The second-order valence-corrected chi connectivity index (χ2v) is 4.71. The van der Waals surface area contributed by atoms with Crippen molar-refractivity contribution in [2.75, 3.05) is 16.4 Å². The van der Waals surface area contributed by atoms with Crippen molar-refractivity contribution in [3.8, 4) is 0 Å². The van der Waals surface area contributed by atoms with Crippen molar-refractivity contribution < 1.29 is 10.2 Å². The van der Waals surface area contributed by atoms with Gasteiger partial charge in [-0.15, -0.1) is 0 Å². The number of hydrogen-bond donors (Lipinski definition) is 5. The van der Waals surface area contributed by atoms with E-state index in [0.29, 0.717) is 0 Å². The van der Waals surface area contributed by atoms with Gasteiger partial charge in [-0.25, -0.2) is 0 Å². The molecular formula is C9H18N6O2. The smallest absolute Gasteiger partial charge is 0.231 e. The van der Waals surface area contributed by atoms with Gasteiger partial charge in [0.05, 0.1) is 0 Å². The highest BCUT2D eigenvalue weighted by Gasteiger charge is 2.17. The number of nitrogens with zero attached hydrogens (tertiary/aromatic N) is 3. The molecule has 8 heteroatoms. The Labute approximate surface area is 99.3 Å². The summed E-state index contributed by atoms with van der Waals surface area (Å²) in [5, 5.41) is 24.4. The van der Waals surface area contributed by atoms with Gasteiger partial charge in [-0.1, -0.05) is 0 Å². The average molecular weight is 242 g/mol. The number of nitrogens with one attached hydrogen (secondary N) is 2. The maximum absolute atomic E-state index is 9.56. The van der Waals surface area contributed by atoms with Crippen molar-refractivity contribution in [2.45, 2.75) is 39.1 Å². The van der Waals surface area contributed by atoms with Crippen LogP contribution < -0.4 is 16.4 Å². The van der Waals surface area contributed by atoms with Crippen molar-refractivity contribution in [2.24, 2.45) is 0 Å². The lowest BCUT2D eigenvalue weighted by Gasteiger charge is -2.21. The fourth-order valence-corrected chi connectivity index (χ4v) is 1.05. The third kappa shape index (κ3) is 5.27. The topological polar surface area (TPSA) is 129 Å². The van der Waals surface area contributed by atoms with Gasteiger partial charge in [0.2, 0.25) is 17.8 Å². The lowest BCUT2D eigenvalue weighted by Crippen LogP contribution is -2.33. The van der Waals surface area contributed by atoms with E-state index >= 15 is 0 Å². The first-order valence-corrected chi connectivity index (χ1v) is 5.08. The fourth-order valence-electron chi connectivity index (χ4n) is 1.05. The van der Waals surface area contributed by atoms with Crippen LogP contribution in [0.25, 0.3) is 0 Å². The molecule has 1 aromatic rings. The molecule has 0 aliphatic rings. The molecule has 0 unspecified atom stereocenters. The monoisotopic (exact) mass is 242 g/mol. The predicted molar refractivity (Wildman–Crippen MR) is 64.1 cm³/mol. The van der Waals surface area contributed by atoms with E-state index in [-0.39, 0.29) is 17.8 Å². The zero-order valence-electron chi connectivity index (χ0n) is 10.3. The van der Waals surface area contributed by atoms with Crippen LogP contribution in [0.15, 0.2) is 0 Å². The largest absolute Gasteiger partial charge is 0.372 e. The molecule has 0 aromatic carbocycles. The van der Waals surface area contributed by atoms with Gasteiger partial charge in [-0.05, 0) is 27.7 Å². The molecule has 1 rings (SSSR count). The maximum atomic E-state index is 9.56. The zero-order valence-corrected chi connectivity index (χ0v) is 10.3. The average Bonchev–Trinajstić information content (AvgIpc) is 1.93. The summed E-state index contributed by atoms with van der Waals surface area (Å²) >= 11 is 0. The highest BCUT2D eigenvalue weighted by atomic mass is 16.3. The van der Waals surface area contributed by atoms with Crippen LogP contribution in [-0.4, -0.2) is 36.6 Å². The summed E-state index contributed by atoms with van der Waals surface area (Å²) < 4.78 is 0. The van der Waals surface area contributed by atoms with Crippen LogP contribution in [0, 0.1) is 0 Å². The molecule has 0 amide bonds. The fraction of sp³-hybridized carbons (Fsp3) is 0.667. The van der Waals surface area contributed by atoms with Crippen molar-refractivity contribution in [3.63, 3.8) is 0 Å². The standard InChI is InChI=1S/C9H18N6O2/c1-8(2,16)14-6-11-5(10)12-7(13-6)15-9(3,4)17/h16-17H,1-4H3,(H4,10,11,12,13,14,15). The van der Waals surface area contributed by atoms with Gasteiger partial charge in [0.15, 0.2) is 0 Å². The van der Waals surface area contributed by atoms with Crippen LogP contribution in [0.5, 0.6) is 0 Å². The minimum absolute atomic E-state index is 0.0153. The van der Waals surface area contributed by atoms with Gasteiger partial charge in [0.1, 0.15) is 11.4 Å². The first-order valence-electron chi connectivity index (χ1n) is 5.08. The van der Waals surface area contributed by atoms with Gasteiger partial charge in [0.25, 0.3) is 0 Å². The second-order valence-electron chi connectivity index (χ2n) is 4.71. The summed E-state index contributed by atoms with van der Waals surface area (Å²) in [7, 11) is 0. The number of anilines is 3. The van der Waals surface area contributed by atoms with Gasteiger partial charge >= 0.3 is 0 Å². The minimum Gasteiger partial charge on any atom is -0.372 e. The van der Waals surface area contributed by atoms with E-state index in [1.54, 1.807) is 0 Å². The normalized spacial score (nSPS) is 12.4. The first-order chi connectivity index (χ1) is 7.55. The van der Waals surface area contributed by atoms with Crippen LogP contribution in [0.2, 0.25) is 0 Å². The molecule has 0 spiro atoms. The molecule has 0 aliphatic carbocycles. The van der Waals surface area contributed by atoms with Crippen LogP contribution in [0.1, 0.15) is 27.7 Å². The summed E-state index contributed by atoms with van der Waals surface area (Å²) in [6.07, 6.45) is 0. The molecule has 8 nitrogen and oxygen atoms in total. The Morgan fingerprint density at radius 3 is 1.53 bits per heavy atom. The van der Waals surface area contributed by atoms with Crippen LogP contribution in [-0.2, 0) is 0 Å². The summed E-state index contributed by atoms with van der Waals surface area (Å²) in [5.41, 5.74) is 3.13. The molecule has 0 radical (unpaired) electrons. The number of rotatable bonds is 4. The molecule has 0 fully saturated rings. The molecule has 0 saturated carbocycles. The summed E-state index contributed by atoms with van der Waals surface area (Å²) in [6.45, 7) is 6.15. The Balaban J connectivity index is 2.95. The van der Waals surface area contributed by atoms with E-state index in [2.05, 4.69) is 25.6 Å². The van der Waals surface area contributed by atoms with Crippen LogP contribution in [0.4, 0.5) is 17.8 Å². The molecule has 1 heterocycles. The highest BCUT2D eigenvalue weighted by molar-refractivity contribution is 5.41. The van der Waals surface area contributed by atoms with E-state index in [4.69, 9.17) is 5.73 Å². The molecule has 96 valence electrons. The molecule has 0 bridgehead atoms. The van der Waals surface area contributed by atoms with Crippen LogP contribution >= 0.6 is 0 Å². The van der Waals surface area contributed by atoms with E-state index in [9.17, 15) is 10.2 Å². The van der Waals surface area contributed by atoms with Crippen molar-refractivity contribution in [1.29, 1.82) is 0 Å². The van der Waals surface area contributed by atoms with Crippen LogP contribution in [0.3, 0.4) is 0 Å². The number of aliphatic hydroxyl groups is 2. The molecular weight excluding hydrogens is 224 g/mol. The quantitative estimate of drug-likeness (QED) is 0.456. The minimum atomic E-state index is -1.18. The Morgan fingerprint density at radius 2 is 1.24 bits per heavy atom. The number of nitrogen functional groups attached to an aromatic ring is 1. The highest BCUT2D eigenvalue weighted by Crippen LogP contribution is 2.13. The SMILES string of the molecule is CC(C)(O)Nc1nc(N)nc(NC(C)(C)O)n1. The summed E-state index contributed by atoms with van der Waals surface area (Å²) in [5.74, 6) is 0.229. The number of nitrogens with two attached hydrogens (primary N) is 1. The van der Waals surface area contributed by atoms with E-state index in [0.717, 1.165) is 0 Å². The lowest BCUT2D eigenvalue weighted by atomic mass is 10.3. The van der Waals surface area contributed by atoms with E-state index in [1.807, 2.05) is 0 Å². The first kappa shape index (κ1) is 13.4. The number of aromatic nitrogens is 3. The Kier molecular flexibility index (Phi) is 3.39. The molecule has 0 atom stereocenters. The van der Waals surface area contributed by atoms with E-state index in [1.165, 1.54) is 27.7 Å².